The van der Waals surface area contributed by atoms with Crippen LogP contribution in [-0.2, 0) is 4.79 Å². The fourth-order valence-electron chi connectivity index (χ4n) is 1.38. The largest absolute Gasteiger partial charge is 0.493 e. The molecule has 0 aromatic heterocycles. The van der Waals surface area contributed by atoms with Crippen LogP contribution >= 0.6 is 23.2 Å². The number of hydrogen-bond acceptors (Lipinski definition) is 3. The van der Waals surface area contributed by atoms with E-state index in [1.165, 1.54) is 0 Å². The molecule has 4 nitrogen and oxygen atoms in total. The highest BCUT2D eigenvalue weighted by molar-refractivity contribution is 6.42. The van der Waals surface area contributed by atoms with Crippen molar-refractivity contribution in [3.8, 4) is 5.75 Å². The summed E-state index contributed by atoms with van der Waals surface area (Å²) in [6.07, 6.45) is 1.75. The van der Waals surface area contributed by atoms with Crippen LogP contribution in [0.4, 0.5) is 0 Å². The van der Waals surface area contributed by atoms with Gasteiger partial charge in [0, 0.05) is 19.2 Å². The van der Waals surface area contributed by atoms with E-state index in [4.69, 9.17) is 33.0 Å². The lowest BCUT2D eigenvalue weighted by atomic mass is 10.3. The molecule has 0 saturated carbocycles. The quantitative estimate of drug-likeness (QED) is 0.726. The number of ether oxygens (including phenoxy) is 1. The number of unbranched alkanes of at least 4 members (excludes halogenated alkanes) is 1. The molecule has 0 aliphatic carbocycles. The number of amides is 1. The van der Waals surface area contributed by atoms with E-state index in [2.05, 4.69) is 5.32 Å². The van der Waals surface area contributed by atoms with Crippen molar-refractivity contribution in [1.29, 1.82) is 0 Å². The Morgan fingerprint density at radius 1 is 1.26 bits per heavy atom. The van der Waals surface area contributed by atoms with Crippen molar-refractivity contribution in [2.75, 3.05) is 19.8 Å². The highest BCUT2D eigenvalue weighted by Gasteiger charge is 2.03. The summed E-state index contributed by atoms with van der Waals surface area (Å²) in [6, 6.07) is 4.96. The topological polar surface area (TPSA) is 58.6 Å². The monoisotopic (exact) mass is 305 g/mol. The summed E-state index contributed by atoms with van der Waals surface area (Å²) >= 11 is 11.6. The molecule has 0 aliphatic heterocycles. The Labute approximate surface area is 122 Å². The third-order valence-electron chi connectivity index (χ3n) is 2.40. The molecule has 2 N–H and O–H groups in total. The fourth-order valence-corrected chi connectivity index (χ4v) is 1.67. The van der Waals surface area contributed by atoms with Gasteiger partial charge in [0.2, 0.25) is 5.91 Å². The van der Waals surface area contributed by atoms with Gasteiger partial charge in [0.1, 0.15) is 5.75 Å². The minimum absolute atomic E-state index is 0.0713. The molecular weight excluding hydrogens is 289 g/mol. The molecule has 0 fully saturated rings. The maximum absolute atomic E-state index is 11.4. The number of halogens is 2. The van der Waals surface area contributed by atoms with Gasteiger partial charge in [-0.3, -0.25) is 4.79 Å². The Morgan fingerprint density at radius 2 is 2.05 bits per heavy atom. The number of hydrogen-bond donors (Lipinski definition) is 2. The first-order valence-corrected chi connectivity index (χ1v) is 6.84. The van der Waals surface area contributed by atoms with Gasteiger partial charge < -0.3 is 15.2 Å². The van der Waals surface area contributed by atoms with Gasteiger partial charge in [-0.2, -0.15) is 0 Å². The first-order valence-electron chi connectivity index (χ1n) is 6.09. The first-order chi connectivity index (χ1) is 9.13. The van der Waals surface area contributed by atoms with Crippen LogP contribution in [0.25, 0.3) is 0 Å². The zero-order valence-electron chi connectivity index (χ0n) is 10.5. The lowest BCUT2D eigenvalue weighted by Crippen LogP contribution is -2.26. The molecule has 19 heavy (non-hydrogen) atoms. The van der Waals surface area contributed by atoms with E-state index >= 15 is 0 Å². The fraction of sp³-hybridized carbons (Fsp3) is 0.462. The van der Waals surface area contributed by atoms with Crippen LogP contribution in [-0.4, -0.2) is 30.8 Å². The van der Waals surface area contributed by atoms with Crippen LogP contribution in [0.5, 0.6) is 5.75 Å². The average molecular weight is 306 g/mol. The van der Waals surface area contributed by atoms with Gasteiger partial charge in [0.15, 0.2) is 0 Å². The van der Waals surface area contributed by atoms with Crippen molar-refractivity contribution in [2.45, 2.75) is 19.3 Å². The van der Waals surface area contributed by atoms with Crippen molar-refractivity contribution in [1.82, 2.24) is 5.32 Å². The van der Waals surface area contributed by atoms with Gasteiger partial charge in [-0.05, 0) is 25.0 Å². The van der Waals surface area contributed by atoms with Crippen molar-refractivity contribution in [3.05, 3.63) is 28.2 Å². The Hall–Kier alpha value is -0.970. The van der Waals surface area contributed by atoms with Crippen molar-refractivity contribution >= 4 is 29.1 Å². The molecule has 0 saturated heterocycles. The molecule has 0 unspecified atom stereocenters. The molecule has 0 atom stereocenters. The molecule has 0 spiro atoms. The Morgan fingerprint density at radius 3 is 2.74 bits per heavy atom. The molecule has 0 radical (unpaired) electrons. The number of benzene rings is 1. The Bertz CT molecular complexity index is 413. The van der Waals surface area contributed by atoms with Crippen LogP contribution in [0.2, 0.25) is 10.0 Å². The van der Waals surface area contributed by atoms with Crippen LogP contribution in [0, 0.1) is 0 Å². The van der Waals surface area contributed by atoms with Gasteiger partial charge in [0.25, 0.3) is 0 Å². The molecule has 0 aliphatic rings. The van der Waals surface area contributed by atoms with Crippen molar-refractivity contribution in [3.63, 3.8) is 0 Å². The van der Waals surface area contributed by atoms with E-state index in [1.807, 2.05) is 0 Å². The van der Waals surface area contributed by atoms with Crippen molar-refractivity contribution in [2.24, 2.45) is 0 Å². The van der Waals surface area contributed by atoms with Gasteiger partial charge in [-0.15, -0.1) is 0 Å². The van der Waals surface area contributed by atoms with Crippen LogP contribution in [0.1, 0.15) is 19.3 Å². The minimum Gasteiger partial charge on any atom is -0.493 e. The Kier molecular flexibility index (Phi) is 7.63. The van der Waals surface area contributed by atoms with Gasteiger partial charge in [0.05, 0.1) is 23.1 Å². The van der Waals surface area contributed by atoms with Crippen LogP contribution in [0.15, 0.2) is 18.2 Å². The van der Waals surface area contributed by atoms with Crippen LogP contribution < -0.4 is 10.1 Å². The molecule has 106 valence electrons. The lowest BCUT2D eigenvalue weighted by molar-refractivity contribution is -0.121. The highest BCUT2D eigenvalue weighted by atomic mass is 35.5. The zero-order valence-corrected chi connectivity index (χ0v) is 12.0. The third-order valence-corrected chi connectivity index (χ3v) is 3.14. The summed E-state index contributed by atoms with van der Waals surface area (Å²) in [6.45, 7) is 1.01. The van der Waals surface area contributed by atoms with E-state index in [1.54, 1.807) is 18.2 Å². The summed E-state index contributed by atoms with van der Waals surface area (Å²) in [5.74, 6) is 0.514. The van der Waals surface area contributed by atoms with Crippen LogP contribution in [0.3, 0.4) is 0 Å². The predicted molar refractivity (Wildman–Crippen MR) is 75.9 cm³/mol. The molecule has 1 rings (SSSR count). The summed E-state index contributed by atoms with van der Waals surface area (Å²) < 4.78 is 5.40. The standard InChI is InChI=1S/C13H17Cl2NO3/c14-11-4-3-10(9-12(11)15)19-8-5-13(18)16-6-1-2-7-17/h3-4,9,17H,1-2,5-8H2,(H,16,18). The summed E-state index contributed by atoms with van der Waals surface area (Å²) in [7, 11) is 0. The summed E-state index contributed by atoms with van der Waals surface area (Å²) in [5, 5.41) is 12.2. The SMILES string of the molecule is O=C(CCOc1ccc(Cl)c(Cl)c1)NCCCCO. The number of carbonyl (C=O) groups is 1. The zero-order chi connectivity index (χ0) is 14.1. The number of aliphatic hydroxyl groups is 1. The first kappa shape index (κ1) is 16.1. The molecule has 0 heterocycles. The molecule has 1 aromatic carbocycles. The molecule has 0 bridgehead atoms. The van der Waals surface area contributed by atoms with E-state index in [9.17, 15) is 4.79 Å². The van der Waals surface area contributed by atoms with Crippen molar-refractivity contribution < 1.29 is 14.6 Å². The van der Waals surface area contributed by atoms with Gasteiger partial charge >= 0.3 is 0 Å². The third kappa shape index (κ3) is 6.66. The second-order valence-electron chi connectivity index (χ2n) is 3.96. The predicted octanol–water partition coefficient (Wildman–Crippen LogP) is 2.65. The normalized spacial score (nSPS) is 10.3. The molecule has 1 aromatic rings. The number of carbonyl (C=O) groups excluding carboxylic acids is 1. The Balaban J connectivity index is 2.18. The minimum atomic E-state index is -0.0713. The van der Waals surface area contributed by atoms with E-state index in [-0.39, 0.29) is 25.5 Å². The van der Waals surface area contributed by atoms with Gasteiger partial charge in [-0.1, -0.05) is 23.2 Å². The number of aliphatic hydroxyl groups excluding tert-OH is 1. The van der Waals surface area contributed by atoms with E-state index < -0.39 is 0 Å². The maximum atomic E-state index is 11.4. The molecule has 6 heteroatoms. The lowest BCUT2D eigenvalue weighted by Gasteiger charge is -2.07. The smallest absolute Gasteiger partial charge is 0.223 e. The van der Waals surface area contributed by atoms with E-state index in [0.29, 0.717) is 28.8 Å². The highest BCUT2D eigenvalue weighted by Crippen LogP contribution is 2.26. The second kappa shape index (κ2) is 9.02. The summed E-state index contributed by atoms with van der Waals surface area (Å²) in [5.41, 5.74) is 0. The molecular formula is C13H17Cl2NO3. The number of nitrogens with one attached hydrogen (secondary N) is 1. The van der Waals surface area contributed by atoms with Gasteiger partial charge in [-0.25, -0.2) is 0 Å². The number of rotatable bonds is 8. The summed E-state index contributed by atoms with van der Waals surface area (Å²) in [4.78, 5) is 11.4. The maximum Gasteiger partial charge on any atom is 0.223 e. The average Bonchev–Trinajstić information content (AvgIpc) is 2.39. The van der Waals surface area contributed by atoms with E-state index in [0.717, 1.165) is 6.42 Å². The molecule has 1 amide bonds. The second-order valence-corrected chi connectivity index (χ2v) is 4.77.